The molecule has 4 aromatic rings. The fraction of sp³-hybridized carbons (Fsp3) is 0.238. The monoisotopic (exact) mass is 458 g/mol. The van der Waals surface area contributed by atoms with Gasteiger partial charge in [-0.15, -0.1) is 22.7 Å². The van der Waals surface area contributed by atoms with E-state index in [0.717, 1.165) is 25.7 Å². The van der Waals surface area contributed by atoms with Crippen LogP contribution >= 0.6 is 34.3 Å². The van der Waals surface area contributed by atoms with Crippen LogP contribution in [0.3, 0.4) is 0 Å². The Morgan fingerprint density at radius 3 is 2.80 bits per heavy atom. The predicted molar refractivity (Wildman–Crippen MR) is 123 cm³/mol. The van der Waals surface area contributed by atoms with Crippen molar-refractivity contribution in [3.8, 4) is 0 Å². The second-order valence-corrected chi connectivity index (χ2v) is 9.63. The van der Waals surface area contributed by atoms with Gasteiger partial charge in [-0.25, -0.2) is 9.97 Å². The van der Waals surface area contributed by atoms with Crippen LogP contribution in [0.2, 0.25) is 5.02 Å². The van der Waals surface area contributed by atoms with Crippen LogP contribution in [0.4, 0.5) is 5.13 Å². The Morgan fingerprint density at radius 1 is 1.20 bits per heavy atom. The number of amides is 1. The standard InChI is InChI=1S/C21H19ClN4O2S2/c1-12-13(2)29-19-18(12)20(28)26(11-24-19)8-7-17(27)25-21-23-10-15(30-21)9-14-5-3-4-6-16(14)22/h3-6,10-11H,7-9H2,1-2H3,(H,23,25,27). The van der Waals surface area contributed by atoms with E-state index in [9.17, 15) is 9.59 Å². The molecule has 0 radical (unpaired) electrons. The van der Waals surface area contributed by atoms with Crippen molar-refractivity contribution >= 4 is 55.5 Å². The highest BCUT2D eigenvalue weighted by Crippen LogP contribution is 2.26. The summed E-state index contributed by atoms with van der Waals surface area (Å²) in [7, 11) is 0. The van der Waals surface area contributed by atoms with Gasteiger partial charge in [-0.05, 0) is 31.0 Å². The third-order valence-electron chi connectivity index (χ3n) is 4.86. The Balaban J connectivity index is 1.39. The van der Waals surface area contributed by atoms with E-state index in [2.05, 4.69) is 15.3 Å². The van der Waals surface area contributed by atoms with Gasteiger partial charge in [-0.2, -0.15) is 0 Å². The maximum atomic E-state index is 12.7. The molecule has 0 atom stereocenters. The van der Waals surface area contributed by atoms with Crippen LogP contribution in [0.25, 0.3) is 10.2 Å². The third-order valence-corrected chi connectivity index (χ3v) is 7.25. The van der Waals surface area contributed by atoms with E-state index < -0.39 is 0 Å². The van der Waals surface area contributed by atoms with E-state index >= 15 is 0 Å². The minimum Gasteiger partial charge on any atom is -0.302 e. The fourth-order valence-electron chi connectivity index (χ4n) is 3.11. The second kappa shape index (κ2) is 8.67. The first kappa shape index (κ1) is 20.7. The molecule has 0 aliphatic carbocycles. The van der Waals surface area contributed by atoms with Crippen molar-refractivity contribution in [1.82, 2.24) is 14.5 Å². The average molecular weight is 459 g/mol. The number of rotatable bonds is 6. The number of nitrogens with zero attached hydrogens (tertiary/aromatic N) is 3. The molecule has 3 heterocycles. The molecule has 3 aromatic heterocycles. The number of hydrogen-bond donors (Lipinski definition) is 1. The molecule has 0 fully saturated rings. The Labute approximate surface area is 186 Å². The number of aryl methyl sites for hydroxylation is 3. The molecular formula is C21H19ClN4O2S2. The van der Waals surface area contributed by atoms with Crippen LogP contribution in [0, 0.1) is 13.8 Å². The summed E-state index contributed by atoms with van der Waals surface area (Å²) in [6.07, 6.45) is 4.08. The number of thiazole rings is 1. The van der Waals surface area contributed by atoms with Gasteiger partial charge < -0.3 is 5.32 Å². The van der Waals surface area contributed by atoms with Crippen molar-refractivity contribution in [2.45, 2.75) is 33.2 Å². The van der Waals surface area contributed by atoms with Crippen LogP contribution in [0.15, 0.2) is 41.6 Å². The number of fused-ring (bicyclic) bond motifs is 1. The van der Waals surface area contributed by atoms with E-state index in [4.69, 9.17) is 11.6 Å². The van der Waals surface area contributed by atoms with Crippen molar-refractivity contribution in [3.05, 3.63) is 73.0 Å². The van der Waals surface area contributed by atoms with E-state index in [-0.39, 0.29) is 24.4 Å². The van der Waals surface area contributed by atoms with Crippen LogP contribution < -0.4 is 10.9 Å². The Kier molecular flexibility index (Phi) is 5.99. The van der Waals surface area contributed by atoms with Crippen molar-refractivity contribution in [1.29, 1.82) is 0 Å². The Morgan fingerprint density at radius 2 is 2.00 bits per heavy atom. The van der Waals surface area contributed by atoms with E-state index in [1.54, 1.807) is 6.20 Å². The number of carbonyl (C=O) groups excluding carboxylic acids is 1. The molecule has 0 bridgehead atoms. The van der Waals surface area contributed by atoms with Gasteiger partial charge in [0, 0.05) is 40.4 Å². The van der Waals surface area contributed by atoms with E-state index in [1.807, 2.05) is 38.1 Å². The van der Waals surface area contributed by atoms with Gasteiger partial charge in [-0.1, -0.05) is 29.8 Å². The summed E-state index contributed by atoms with van der Waals surface area (Å²) >= 11 is 9.13. The number of hydrogen-bond acceptors (Lipinski definition) is 6. The summed E-state index contributed by atoms with van der Waals surface area (Å²) in [6.45, 7) is 4.17. The zero-order chi connectivity index (χ0) is 21.3. The van der Waals surface area contributed by atoms with Crippen LogP contribution in [-0.2, 0) is 17.8 Å². The number of anilines is 1. The summed E-state index contributed by atoms with van der Waals surface area (Å²) in [5.74, 6) is -0.195. The van der Waals surface area contributed by atoms with Gasteiger partial charge in [0.2, 0.25) is 5.91 Å². The molecule has 4 rings (SSSR count). The van der Waals surface area contributed by atoms with Gasteiger partial charge >= 0.3 is 0 Å². The molecule has 1 N–H and O–H groups in total. The number of carbonyl (C=O) groups is 1. The molecule has 6 nitrogen and oxygen atoms in total. The lowest BCUT2D eigenvalue weighted by molar-refractivity contribution is -0.116. The number of halogens is 1. The van der Waals surface area contributed by atoms with Crippen LogP contribution in [0.1, 0.15) is 27.3 Å². The molecule has 30 heavy (non-hydrogen) atoms. The predicted octanol–water partition coefficient (Wildman–Crippen LogP) is 4.80. The lowest BCUT2D eigenvalue weighted by Crippen LogP contribution is -2.23. The van der Waals surface area contributed by atoms with Gasteiger partial charge in [0.25, 0.3) is 5.56 Å². The molecule has 0 spiro atoms. The second-order valence-electron chi connectivity index (χ2n) is 6.90. The Hall–Kier alpha value is -2.55. The third kappa shape index (κ3) is 4.30. The van der Waals surface area contributed by atoms with Gasteiger partial charge in [0.15, 0.2) is 5.13 Å². The average Bonchev–Trinajstić information content (AvgIpc) is 3.27. The summed E-state index contributed by atoms with van der Waals surface area (Å²) < 4.78 is 1.49. The SMILES string of the molecule is Cc1sc2ncn(CCC(=O)Nc3ncc(Cc4ccccc4Cl)s3)c(=O)c2c1C. The zero-order valence-electron chi connectivity index (χ0n) is 16.4. The van der Waals surface area contributed by atoms with Crippen molar-refractivity contribution in [2.24, 2.45) is 0 Å². The number of nitrogens with one attached hydrogen (secondary N) is 1. The molecule has 0 aliphatic rings. The highest BCUT2D eigenvalue weighted by atomic mass is 35.5. The summed E-state index contributed by atoms with van der Waals surface area (Å²) in [5.41, 5.74) is 1.87. The van der Waals surface area contributed by atoms with Crippen molar-refractivity contribution < 1.29 is 4.79 Å². The molecule has 154 valence electrons. The maximum Gasteiger partial charge on any atom is 0.262 e. The topological polar surface area (TPSA) is 76.9 Å². The van der Waals surface area contributed by atoms with Crippen LogP contribution in [-0.4, -0.2) is 20.4 Å². The first-order chi connectivity index (χ1) is 14.4. The fourth-order valence-corrected chi connectivity index (χ4v) is 5.15. The van der Waals surface area contributed by atoms with Crippen molar-refractivity contribution in [2.75, 3.05) is 5.32 Å². The highest BCUT2D eigenvalue weighted by Gasteiger charge is 2.13. The Bertz CT molecular complexity index is 1290. The van der Waals surface area contributed by atoms with Gasteiger partial charge in [0.1, 0.15) is 4.83 Å². The minimum atomic E-state index is -0.195. The van der Waals surface area contributed by atoms with Gasteiger partial charge in [-0.3, -0.25) is 14.2 Å². The minimum absolute atomic E-state index is 0.106. The number of aromatic nitrogens is 3. The molecule has 0 saturated heterocycles. The van der Waals surface area contributed by atoms with Crippen molar-refractivity contribution in [3.63, 3.8) is 0 Å². The maximum absolute atomic E-state index is 12.7. The first-order valence-corrected chi connectivity index (χ1v) is 11.4. The normalized spacial score (nSPS) is 11.2. The molecular weight excluding hydrogens is 440 g/mol. The lowest BCUT2D eigenvalue weighted by Gasteiger charge is -2.05. The molecule has 1 aromatic carbocycles. The summed E-state index contributed by atoms with van der Waals surface area (Å²) in [6, 6.07) is 7.66. The quantitative estimate of drug-likeness (QED) is 0.450. The molecule has 0 unspecified atom stereocenters. The first-order valence-electron chi connectivity index (χ1n) is 9.35. The highest BCUT2D eigenvalue weighted by molar-refractivity contribution is 7.18. The molecule has 9 heteroatoms. The zero-order valence-corrected chi connectivity index (χ0v) is 18.8. The van der Waals surface area contributed by atoms with E-state index in [1.165, 1.54) is 33.6 Å². The number of thiophene rings is 1. The lowest BCUT2D eigenvalue weighted by atomic mass is 10.1. The molecule has 1 amide bonds. The molecule has 0 aliphatic heterocycles. The summed E-state index contributed by atoms with van der Waals surface area (Å²) in [5, 5.41) is 4.70. The summed E-state index contributed by atoms with van der Waals surface area (Å²) in [4.78, 5) is 36.5. The van der Waals surface area contributed by atoms with Crippen LogP contribution in [0.5, 0.6) is 0 Å². The molecule has 0 saturated carbocycles. The number of benzene rings is 1. The smallest absolute Gasteiger partial charge is 0.262 e. The van der Waals surface area contributed by atoms with E-state index in [0.29, 0.717) is 22.0 Å². The van der Waals surface area contributed by atoms with Gasteiger partial charge in [0.05, 0.1) is 11.7 Å². The largest absolute Gasteiger partial charge is 0.302 e.